The number of aliphatic hydroxyl groups is 2. The molecule has 1 aliphatic heterocycles. The number of ether oxygens (including phenoxy) is 2. The zero-order chi connectivity index (χ0) is 18.5. The molecule has 0 spiro atoms. The Morgan fingerprint density at radius 1 is 1.52 bits per heavy atom. The van der Waals surface area contributed by atoms with Crippen molar-refractivity contribution in [3.8, 4) is 0 Å². The van der Waals surface area contributed by atoms with Crippen molar-refractivity contribution in [2.45, 2.75) is 45.0 Å². The van der Waals surface area contributed by atoms with Gasteiger partial charge in [0.1, 0.15) is 12.2 Å². The van der Waals surface area contributed by atoms with Crippen LogP contribution in [0.2, 0.25) is 0 Å². The maximum absolute atomic E-state index is 12.1. The first-order valence-corrected chi connectivity index (χ1v) is 8.44. The maximum atomic E-state index is 12.1. The Labute approximate surface area is 146 Å². The fraction of sp³-hybridized carbons (Fsp3) is 0.579. The van der Waals surface area contributed by atoms with Crippen LogP contribution in [0.4, 0.5) is 0 Å². The van der Waals surface area contributed by atoms with Crippen molar-refractivity contribution < 1.29 is 29.3 Å². The molecule has 0 unspecified atom stereocenters. The van der Waals surface area contributed by atoms with Crippen LogP contribution < -0.4 is 0 Å². The van der Waals surface area contributed by atoms with Gasteiger partial charge in [0.25, 0.3) is 0 Å². The molecule has 3 aliphatic rings. The SMILES string of the molecule is C=C(CO)C(=O)O[C@@H]1C[C@@]2(C)[C@H](O)CC=C(C)[C@@H]2[C@H]2OC(=O)C(=C)[C@@H]21. The van der Waals surface area contributed by atoms with Crippen molar-refractivity contribution in [1.82, 2.24) is 0 Å². The topological polar surface area (TPSA) is 93.1 Å². The van der Waals surface area contributed by atoms with E-state index in [1.165, 1.54) is 0 Å². The second kappa shape index (κ2) is 6.11. The van der Waals surface area contributed by atoms with E-state index < -0.39 is 48.2 Å². The lowest BCUT2D eigenvalue weighted by Crippen LogP contribution is -2.57. The summed E-state index contributed by atoms with van der Waals surface area (Å²) in [7, 11) is 0. The molecule has 6 atom stereocenters. The minimum atomic E-state index is -0.710. The smallest absolute Gasteiger partial charge is 0.336 e. The van der Waals surface area contributed by atoms with Gasteiger partial charge in [0.2, 0.25) is 0 Å². The van der Waals surface area contributed by atoms with Gasteiger partial charge in [-0.2, -0.15) is 0 Å². The van der Waals surface area contributed by atoms with Crippen LogP contribution in [0.5, 0.6) is 0 Å². The molecule has 6 heteroatoms. The quantitative estimate of drug-likeness (QED) is 0.453. The number of esters is 2. The van der Waals surface area contributed by atoms with Crippen LogP contribution in [-0.2, 0) is 19.1 Å². The van der Waals surface area contributed by atoms with Gasteiger partial charge in [0, 0.05) is 16.9 Å². The summed E-state index contributed by atoms with van der Waals surface area (Å²) in [5, 5.41) is 19.7. The van der Waals surface area contributed by atoms with Crippen LogP contribution >= 0.6 is 0 Å². The third-order valence-electron chi connectivity index (χ3n) is 6.00. The Kier molecular flexibility index (Phi) is 4.37. The molecule has 3 rings (SSSR count). The van der Waals surface area contributed by atoms with Gasteiger partial charge in [-0.15, -0.1) is 0 Å². The predicted octanol–water partition coefficient (Wildman–Crippen LogP) is 1.28. The Morgan fingerprint density at radius 2 is 2.20 bits per heavy atom. The van der Waals surface area contributed by atoms with Crippen LogP contribution in [0.3, 0.4) is 0 Å². The largest absolute Gasteiger partial charge is 0.458 e. The molecule has 0 aromatic heterocycles. The van der Waals surface area contributed by atoms with E-state index in [1.807, 2.05) is 19.9 Å². The number of carbonyl (C=O) groups is 2. The van der Waals surface area contributed by atoms with Gasteiger partial charge in [0.15, 0.2) is 0 Å². The van der Waals surface area contributed by atoms with Crippen molar-refractivity contribution in [2.75, 3.05) is 6.61 Å². The summed E-state index contributed by atoms with van der Waals surface area (Å²) in [4.78, 5) is 24.2. The van der Waals surface area contributed by atoms with Crippen molar-refractivity contribution in [3.63, 3.8) is 0 Å². The second-order valence-corrected chi connectivity index (χ2v) is 7.51. The van der Waals surface area contributed by atoms with Gasteiger partial charge in [-0.25, -0.2) is 9.59 Å². The average molecular weight is 348 g/mol. The van der Waals surface area contributed by atoms with E-state index in [0.29, 0.717) is 12.8 Å². The fourth-order valence-corrected chi connectivity index (χ4v) is 4.60. The van der Waals surface area contributed by atoms with Crippen LogP contribution in [0, 0.1) is 17.3 Å². The summed E-state index contributed by atoms with van der Waals surface area (Å²) in [6.07, 6.45) is 1.05. The Bertz CT molecular complexity index is 677. The first kappa shape index (κ1) is 17.9. The summed E-state index contributed by atoms with van der Waals surface area (Å²) in [6, 6.07) is 0. The molecule has 1 saturated heterocycles. The van der Waals surface area contributed by atoms with Crippen molar-refractivity contribution in [2.24, 2.45) is 17.3 Å². The van der Waals surface area contributed by atoms with E-state index in [9.17, 15) is 14.7 Å². The zero-order valence-electron chi connectivity index (χ0n) is 14.5. The summed E-state index contributed by atoms with van der Waals surface area (Å²) < 4.78 is 11.1. The highest BCUT2D eigenvalue weighted by Crippen LogP contribution is 2.56. The van der Waals surface area contributed by atoms with E-state index in [0.717, 1.165) is 5.57 Å². The standard InChI is InChI=1S/C19H24O6/c1-9-5-6-13(21)19(4)7-12(24-17(22)10(2)8-20)14-11(3)18(23)25-16(14)15(9)19/h5,12-16,20-21H,2-3,6-8H2,1,4H3/t12-,13-,14-,15-,16+,19+/m1/s1. The predicted molar refractivity (Wildman–Crippen MR) is 89.2 cm³/mol. The van der Waals surface area contributed by atoms with Gasteiger partial charge in [0.05, 0.1) is 24.2 Å². The molecule has 1 saturated carbocycles. The van der Waals surface area contributed by atoms with Gasteiger partial charge >= 0.3 is 11.9 Å². The van der Waals surface area contributed by atoms with Crippen LogP contribution in [0.25, 0.3) is 0 Å². The van der Waals surface area contributed by atoms with E-state index in [-0.39, 0.29) is 17.1 Å². The van der Waals surface area contributed by atoms with Crippen LogP contribution in [-0.4, -0.2) is 47.1 Å². The molecule has 2 fully saturated rings. The molecule has 0 radical (unpaired) electrons. The number of aliphatic hydroxyl groups excluding tert-OH is 2. The third kappa shape index (κ3) is 2.64. The highest BCUT2D eigenvalue weighted by Gasteiger charge is 2.61. The molecule has 6 nitrogen and oxygen atoms in total. The van der Waals surface area contributed by atoms with Gasteiger partial charge in [-0.05, 0) is 19.8 Å². The van der Waals surface area contributed by atoms with E-state index in [2.05, 4.69) is 13.2 Å². The first-order valence-electron chi connectivity index (χ1n) is 8.44. The van der Waals surface area contributed by atoms with E-state index >= 15 is 0 Å². The third-order valence-corrected chi connectivity index (χ3v) is 6.00. The van der Waals surface area contributed by atoms with Crippen LogP contribution in [0.1, 0.15) is 26.7 Å². The summed E-state index contributed by atoms with van der Waals surface area (Å²) in [6.45, 7) is 10.7. The molecule has 1 heterocycles. The molecule has 0 aromatic carbocycles. The highest BCUT2D eigenvalue weighted by molar-refractivity contribution is 5.92. The number of fused-ring (bicyclic) bond motifs is 3. The van der Waals surface area contributed by atoms with Gasteiger partial charge < -0.3 is 19.7 Å². The molecular weight excluding hydrogens is 324 g/mol. The van der Waals surface area contributed by atoms with Crippen molar-refractivity contribution in [3.05, 3.63) is 36.0 Å². The fourth-order valence-electron chi connectivity index (χ4n) is 4.60. The molecule has 0 aromatic rings. The minimum absolute atomic E-state index is 0.0556. The number of rotatable bonds is 3. The Hall–Kier alpha value is -1.92. The van der Waals surface area contributed by atoms with E-state index in [1.54, 1.807) is 0 Å². The normalized spacial score (nSPS) is 39.8. The molecule has 136 valence electrons. The number of hydrogen-bond acceptors (Lipinski definition) is 6. The average Bonchev–Trinajstić information content (AvgIpc) is 2.85. The van der Waals surface area contributed by atoms with E-state index in [4.69, 9.17) is 14.6 Å². The zero-order valence-corrected chi connectivity index (χ0v) is 14.5. The second-order valence-electron chi connectivity index (χ2n) is 7.51. The molecular formula is C19H24O6. The lowest BCUT2D eigenvalue weighted by Gasteiger charge is -2.53. The Balaban J connectivity index is 1.99. The monoisotopic (exact) mass is 348 g/mol. The van der Waals surface area contributed by atoms with Crippen molar-refractivity contribution in [1.29, 1.82) is 0 Å². The molecule has 0 bridgehead atoms. The summed E-state index contributed by atoms with van der Waals surface area (Å²) in [5.74, 6) is -1.82. The molecule has 0 amide bonds. The molecule has 2 N–H and O–H groups in total. The lowest BCUT2D eigenvalue weighted by atomic mass is 9.54. The lowest BCUT2D eigenvalue weighted by molar-refractivity contribution is -0.173. The highest BCUT2D eigenvalue weighted by atomic mass is 16.6. The van der Waals surface area contributed by atoms with Crippen molar-refractivity contribution >= 4 is 11.9 Å². The number of carbonyl (C=O) groups excluding carboxylic acids is 2. The Morgan fingerprint density at radius 3 is 2.84 bits per heavy atom. The van der Waals surface area contributed by atoms with Gasteiger partial charge in [-0.3, -0.25) is 0 Å². The first-order chi connectivity index (χ1) is 11.7. The summed E-state index contributed by atoms with van der Waals surface area (Å²) in [5.41, 5.74) is 0.707. The maximum Gasteiger partial charge on any atom is 0.336 e. The molecule has 2 aliphatic carbocycles. The van der Waals surface area contributed by atoms with Crippen LogP contribution in [0.15, 0.2) is 36.0 Å². The number of hydrogen-bond donors (Lipinski definition) is 2. The molecule has 25 heavy (non-hydrogen) atoms. The summed E-state index contributed by atoms with van der Waals surface area (Å²) >= 11 is 0. The van der Waals surface area contributed by atoms with Gasteiger partial charge in [-0.1, -0.05) is 31.7 Å². The minimum Gasteiger partial charge on any atom is -0.458 e.